The summed E-state index contributed by atoms with van der Waals surface area (Å²) in [5, 5.41) is 0. The second-order valence-electron chi connectivity index (χ2n) is 5.12. The molecule has 7 heteroatoms. The van der Waals surface area contributed by atoms with Gasteiger partial charge in [0.15, 0.2) is 6.67 Å². The summed E-state index contributed by atoms with van der Waals surface area (Å²) in [5.41, 5.74) is 0.872. The Balaban J connectivity index is 1.73. The molecule has 4 nitrogen and oxygen atoms in total. The lowest BCUT2D eigenvalue weighted by Gasteiger charge is -2.32. The fraction of sp³-hybridized carbons (Fsp3) is 0.533. The van der Waals surface area contributed by atoms with E-state index in [1.54, 1.807) is 0 Å². The summed E-state index contributed by atoms with van der Waals surface area (Å²) in [6.07, 6.45) is -4.52. The minimum atomic E-state index is -3.75. The number of hydrogen-bond donors (Lipinski definition) is 0. The normalized spacial score (nSPS) is 16.6. The molecule has 0 N–H and O–H groups in total. The molecule has 0 saturated carbocycles. The summed E-state index contributed by atoms with van der Waals surface area (Å²) in [5.74, 6) is 0. The lowest BCUT2D eigenvalue weighted by Crippen LogP contribution is -2.43. The van der Waals surface area contributed by atoms with Gasteiger partial charge in [-0.2, -0.15) is 8.78 Å². The molecular weight excluding hydrogens is 299 g/mol. The van der Waals surface area contributed by atoms with Gasteiger partial charge in [0.1, 0.15) is 6.61 Å². The number of alkyl halides is 3. The van der Waals surface area contributed by atoms with Gasteiger partial charge >= 0.3 is 12.2 Å². The third-order valence-electron chi connectivity index (χ3n) is 3.40. The molecule has 0 aliphatic carbocycles. The first-order valence-electron chi connectivity index (χ1n) is 7.07. The second kappa shape index (κ2) is 7.49. The molecule has 1 fully saturated rings. The molecule has 1 saturated heterocycles. The maximum Gasteiger partial charge on any atom is 0.410 e. The van der Waals surface area contributed by atoms with E-state index in [9.17, 15) is 18.0 Å². The number of piperidine rings is 1. The predicted molar refractivity (Wildman–Crippen MR) is 73.2 cm³/mol. The molecular formula is C15H18F3NO3. The van der Waals surface area contributed by atoms with E-state index in [2.05, 4.69) is 4.74 Å². The van der Waals surface area contributed by atoms with Gasteiger partial charge in [-0.1, -0.05) is 30.3 Å². The number of nitrogens with zero attached hydrogens (tertiary/aromatic N) is 1. The quantitative estimate of drug-likeness (QED) is 0.836. The highest BCUT2D eigenvalue weighted by molar-refractivity contribution is 5.67. The standard InChI is InChI=1S/C15H18F3NO3/c16-11-15(17,18)22-13-6-8-19(9-7-13)14(20)21-10-12-4-2-1-3-5-12/h1-5,13H,6-11H2. The molecule has 1 aliphatic heterocycles. The van der Waals surface area contributed by atoms with Crippen molar-refractivity contribution in [1.82, 2.24) is 4.90 Å². The number of ether oxygens (including phenoxy) is 2. The first-order valence-corrected chi connectivity index (χ1v) is 7.07. The summed E-state index contributed by atoms with van der Waals surface area (Å²) in [7, 11) is 0. The Labute approximate surface area is 126 Å². The number of benzene rings is 1. The van der Waals surface area contributed by atoms with Gasteiger partial charge in [-0.3, -0.25) is 0 Å². The Morgan fingerprint density at radius 3 is 2.45 bits per heavy atom. The maximum absolute atomic E-state index is 12.8. The third kappa shape index (κ3) is 4.91. The van der Waals surface area contributed by atoms with Gasteiger partial charge in [0.2, 0.25) is 0 Å². The van der Waals surface area contributed by atoms with Crippen LogP contribution in [0.4, 0.5) is 18.0 Å². The van der Waals surface area contributed by atoms with Crippen molar-refractivity contribution in [2.45, 2.75) is 31.7 Å². The van der Waals surface area contributed by atoms with Gasteiger partial charge in [0.25, 0.3) is 0 Å². The van der Waals surface area contributed by atoms with Crippen molar-refractivity contribution in [2.24, 2.45) is 0 Å². The number of likely N-dealkylation sites (tertiary alicyclic amines) is 1. The smallest absolute Gasteiger partial charge is 0.410 e. The minimum Gasteiger partial charge on any atom is -0.445 e. The van der Waals surface area contributed by atoms with Crippen LogP contribution in [-0.2, 0) is 16.1 Å². The Morgan fingerprint density at radius 1 is 1.23 bits per heavy atom. The SMILES string of the molecule is O=C(OCc1ccccc1)N1CCC(OC(F)(F)CF)CC1. The average Bonchev–Trinajstić information content (AvgIpc) is 2.54. The van der Waals surface area contributed by atoms with Crippen LogP contribution < -0.4 is 0 Å². The van der Waals surface area contributed by atoms with E-state index in [1.165, 1.54) is 4.90 Å². The van der Waals surface area contributed by atoms with Crippen molar-refractivity contribution in [3.8, 4) is 0 Å². The van der Waals surface area contributed by atoms with Crippen molar-refractivity contribution < 1.29 is 27.4 Å². The van der Waals surface area contributed by atoms with Gasteiger partial charge in [0, 0.05) is 13.1 Å². The second-order valence-corrected chi connectivity index (χ2v) is 5.12. The van der Waals surface area contributed by atoms with Crippen LogP contribution in [0.25, 0.3) is 0 Å². The van der Waals surface area contributed by atoms with E-state index in [-0.39, 0.29) is 32.5 Å². The van der Waals surface area contributed by atoms with Crippen molar-refractivity contribution in [3.63, 3.8) is 0 Å². The molecule has 22 heavy (non-hydrogen) atoms. The molecule has 0 unspecified atom stereocenters. The molecule has 1 heterocycles. The summed E-state index contributed by atoms with van der Waals surface area (Å²) in [6.45, 7) is -1.18. The molecule has 1 aromatic rings. The highest BCUT2D eigenvalue weighted by Crippen LogP contribution is 2.24. The van der Waals surface area contributed by atoms with Crippen LogP contribution in [0.1, 0.15) is 18.4 Å². The van der Waals surface area contributed by atoms with Crippen LogP contribution in [-0.4, -0.2) is 43.0 Å². The topological polar surface area (TPSA) is 38.8 Å². The van der Waals surface area contributed by atoms with E-state index < -0.39 is 25.0 Å². The van der Waals surface area contributed by atoms with Crippen LogP contribution in [0, 0.1) is 0 Å². The van der Waals surface area contributed by atoms with Crippen LogP contribution in [0.15, 0.2) is 30.3 Å². The highest BCUT2D eigenvalue weighted by atomic mass is 19.3. The highest BCUT2D eigenvalue weighted by Gasteiger charge is 2.35. The molecule has 1 amide bonds. The maximum atomic E-state index is 12.8. The molecule has 122 valence electrons. The number of halogens is 3. The van der Waals surface area contributed by atoms with Gasteiger partial charge in [-0.05, 0) is 18.4 Å². The molecule has 2 rings (SSSR count). The first kappa shape index (κ1) is 16.6. The van der Waals surface area contributed by atoms with Gasteiger partial charge in [-0.15, -0.1) is 0 Å². The zero-order valence-corrected chi connectivity index (χ0v) is 12.0. The fourth-order valence-electron chi connectivity index (χ4n) is 2.24. The summed E-state index contributed by atoms with van der Waals surface area (Å²) in [4.78, 5) is 13.3. The lowest BCUT2D eigenvalue weighted by molar-refractivity contribution is -0.273. The largest absolute Gasteiger partial charge is 0.445 e. The first-order chi connectivity index (χ1) is 10.5. The van der Waals surface area contributed by atoms with E-state index in [0.717, 1.165) is 5.56 Å². The monoisotopic (exact) mass is 317 g/mol. The lowest BCUT2D eigenvalue weighted by atomic mass is 10.1. The third-order valence-corrected chi connectivity index (χ3v) is 3.40. The van der Waals surface area contributed by atoms with Gasteiger partial charge in [-0.25, -0.2) is 9.18 Å². The van der Waals surface area contributed by atoms with E-state index in [1.807, 2.05) is 30.3 Å². The van der Waals surface area contributed by atoms with E-state index in [4.69, 9.17) is 4.74 Å². The van der Waals surface area contributed by atoms with Crippen LogP contribution in [0.3, 0.4) is 0 Å². The van der Waals surface area contributed by atoms with E-state index in [0.29, 0.717) is 0 Å². The Bertz CT molecular complexity index is 476. The number of carbonyl (C=O) groups excluding carboxylic acids is 1. The fourth-order valence-corrected chi connectivity index (χ4v) is 2.24. The molecule has 1 aliphatic rings. The molecule has 0 bridgehead atoms. The van der Waals surface area contributed by atoms with Crippen LogP contribution >= 0.6 is 0 Å². The number of rotatable bonds is 5. The number of carbonyl (C=O) groups is 1. The van der Waals surface area contributed by atoms with E-state index >= 15 is 0 Å². The molecule has 0 radical (unpaired) electrons. The number of amides is 1. The summed E-state index contributed by atoms with van der Waals surface area (Å²) in [6, 6.07) is 9.23. The summed E-state index contributed by atoms with van der Waals surface area (Å²) < 4.78 is 47.2. The molecule has 0 aromatic heterocycles. The van der Waals surface area contributed by atoms with Crippen molar-refractivity contribution in [2.75, 3.05) is 19.8 Å². The Hall–Kier alpha value is -1.76. The molecule has 0 atom stereocenters. The van der Waals surface area contributed by atoms with Crippen molar-refractivity contribution in [3.05, 3.63) is 35.9 Å². The molecule has 1 aromatic carbocycles. The average molecular weight is 317 g/mol. The van der Waals surface area contributed by atoms with Crippen LogP contribution in [0.5, 0.6) is 0 Å². The molecule has 0 spiro atoms. The van der Waals surface area contributed by atoms with Crippen LogP contribution in [0.2, 0.25) is 0 Å². The van der Waals surface area contributed by atoms with Crippen molar-refractivity contribution >= 4 is 6.09 Å². The zero-order valence-electron chi connectivity index (χ0n) is 12.0. The van der Waals surface area contributed by atoms with Gasteiger partial charge in [0.05, 0.1) is 6.10 Å². The van der Waals surface area contributed by atoms with Crippen molar-refractivity contribution in [1.29, 1.82) is 0 Å². The Kier molecular flexibility index (Phi) is 5.65. The number of hydrogen-bond acceptors (Lipinski definition) is 3. The predicted octanol–water partition coefficient (Wildman–Crippen LogP) is 3.37. The minimum absolute atomic E-state index is 0.163. The Morgan fingerprint density at radius 2 is 1.86 bits per heavy atom. The zero-order chi connectivity index (χ0) is 16.0. The summed E-state index contributed by atoms with van der Waals surface area (Å²) >= 11 is 0. The van der Waals surface area contributed by atoms with Gasteiger partial charge < -0.3 is 14.4 Å².